The number of ether oxygens (including phenoxy) is 1. The maximum absolute atomic E-state index is 12.2. The zero-order valence-electron chi connectivity index (χ0n) is 16.3. The number of benzene rings is 1. The molecule has 2 heterocycles. The Kier molecular flexibility index (Phi) is 6.52. The van der Waals surface area contributed by atoms with E-state index in [1.54, 1.807) is 0 Å². The molecule has 8 heteroatoms. The number of aryl methyl sites for hydroxylation is 1. The number of hydrogen-bond donors (Lipinski definition) is 1. The van der Waals surface area contributed by atoms with Crippen molar-refractivity contribution < 1.29 is 9.53 Å². The van der Waals surface area contributed by atoms with Gasteiger partial charge in [0.25, 0.3) is 0 Å². The predicted octanol–water partition coefficient (Wildman–Crippen LogP) is 1.12. The van der Waals surface area contributed by atoms with Crippen LogP contribution in [0.5, 0.6) is 0 Å². The Morgan fingerprint density at radius 3 is 2.85 bits per heavy atom. The summed E-state index contributed by atoms with van der Waals surface area (Å²) in [5.41, 5.74) is 2.05. The van der Waals surface area contributed by atoms with Crippen molar-refractivity contribution in [1.82, 2.24) is 30.4 Å². The third-order valence-corrected chi connectivity index (χ3v) is 4.42. The first-order chi connectivity index (χ1) is 13.0. The number of aromatic nitrogens is 4. The van der Waals surface area contributed by atoms with E-state index in [9.17, 15) is 4.79 Å². The molecule has 27 heavy (non-hydrogen) atoms. The van der Waals surface area contributed by atoms with Crippen molar-refractivity contribution in [3.05, 3.63) is 29.8 Å². The first-order valence-electron chi connectivity index (χ1n) is 9.45. The van der Waals surface area contributed by atoms with Gasteiger partial charge in [0.1, 0.15) is 6.54 Å². The summed E-state index contributed by atoms with van der Waals surface area (Å²) < 4.78 is 5.76. The Morgan fingerprint density at radius 1 is 1.33 bits per heavy atom. The molecular weight excluding hydrogens is 344 g/mol. The third-order valence-electron chi connectivity index (χ3n) is 4.42. The fourth-order valence-electron chi connectivity index (χ4n) is 3.13. The highest BCUT2D eigenvalue weighted by atomic mass is 16.5. The number of carbonyl (C=O) groups excluding carboxylic acids is 1. The number of nitrogens with one attached hydrogen (secondary N) is 1. The van der Waals surface area contributed by atoms with Crippen molar-refractivity contribution >= 4 is 5.91 Å². The molecule has 2 aromatic rings. The molecular formula is C19H28N6O2. The lowest BCUT2D eigenvalue weighted by molar-refractivity contribution is -0.123. The van der Waals surface area contributed by atoms with Crippen LogP contribution in [-0.4, -0.2) is 69.9 Å². The Labute approximate surface area is 159 Å². The zero-order chi connectivity index (χ0) is 19.2. The molecule has 1 aliphatic heterocycles. The number of amides is 1. The molecule has 0 bridgehead atoms. The van der Waals surface area contributed by atoms with Crippen LogP contribution in [0.15, 0.2) is 24.3 Å². The predicted molar refractivity (Wildman–Crippen MR) is 102 cm³/mol. The van der Waals surface area contributed by atoms with E-state index in [0.29, 0.717) is 24.9 Å². The van der Waals surface area contributed by atoms with E-state index in [1.165, 1.54) is 10.4 Å². The van der Waals surface area contributed by atoms with E-state index in [1.807, 2.05) is 31.2 Å². The van der Waals surface area contributed by atoms with Crippen LogP contribution in [0.25, 0.3) is 11.4 Å². The second-order valence-corrected chi connectivity index (χ2v) is 7.46. The highest BCUT2D eigenvalue weighted by Crippen LogP contribution is 2.13. The Balaban J connectivity index is 1.46. The van der Waals surface area contributed by atoms with Crippen LogP contribution in [0.2, 0.25) is 0 Å². The van der Waals surface area contributed by atoms with E-state index in [4.69, 9.17) is 4.74 Å². The molecule has 3 rings (SSSR count). The summed E-state index contributed by atoms with van der Waals surface area (Å²) in [6.45, 7) is 10.5. The average molecular weight is 372 g/mol. The number of carbonyl (C=O) groups is 1. The molecule has 146 valence electrons. The summed E-state index contributed by atoms with van der Waals surface area (Å²) in [4.78, 5) is 15.9. The molecule has 1 N–H and O–H groups in total. The Morgan fingerprint density at radius 2 is 2.11 bits per heavy atom. The van der Waals surface area contributed by atoms with Gasteiger partial charge in [-0.2, -0.15) is 4.80 Å². The van der Waals surface area contributed by atoms with Crippen LogP contribution in [0.1, 0.15) is 19.4 Å². The highest BCUT2D eigenvalue weighted by molar-refractivity contribution is 5.75. The summed E-state index contributed by atoms with van der Waals surface area (Å²) >= 11 is 0. The molecule has 1 saturated heterocycles. The largest absolute Gasteiger partial charge is 0.374 e. The van der Waals surface area contributed by atoms with Crippen molar-refractivity contribution in [2.24, 2.45) is 5.92 Å². The number of nitrogens with zero attached hydrogens (tertiary/aromatic N) is 5. The molecule has 0 spiro atoms. The Bertz CT molecular complexity index is 743. The molecule has 0 saturated carbocycles. The summed E-state index contributed by atoms with van der Waals surface area (Å²) in [6, 6.07) is 7.88. The molecule has 1 aromatic heterocycles. The van der Waals surface area contributed by atoms with Gasteiger partial charge in [-0.3, -0.25) is 9.69 Å². The maximum Gasteiger partial charge on any atom is 0.243 e. The fraction of sp³-hybridized carbons (Fsp3) is 0.579. The molecule has 1 aliphatic rings. The van der Waals surface area contributed by atoms with Gasteiger partial charge in [0.05, 0.1) is 12.7 Å². The highest BCUT2D eigenvalue weighted by Gasteiger charge is 2.21. The third kappa shape index (κ3) is 5.83. The minimum atomic E-state index is -0.146. The topological polar surface area (TPSA) is 85.2 Å². The second kappa shape index (κ2) is 9.05. The minimum absolute atomic E-state index is 0.0216. The molecule has 1 amide bonds. The number of rotatable bonds is 7. The first kappa shape index (κ1) is 19.4. The molecule has 8 nitrogen and oxygen atoms in total. The van der Waals surface area contributed by atoms with Gasteiger partial charge < -0.3 is 10.1 Å². The molecule has 1 atom stereocenters. The summed E-state index contributed by atoms with van der Waals surface area (Å²) in [5.74, 6) is 0.995. The van der Waals surface area contributed by atoms with Crippen molar-refractivity contribution in [3.8, 4) is 11.4 Å². The number of hydrogen-bond acceptors (Lipinski definition) is 6. The van der Waals surface area contributed by atoms with Crippen molar-refractivity contribution in [2.75, 3.05) is 32.8 Å². The molecule has 1 fully saturated rings. The number of morpholine rings is 1. The summed E-state index contributed by atoms with van der Waals surface area (Å²) in [6.07, 6.45) is 0.0216. The molecule has 0 radical (unpaired) electrons. The van der Waals surface area contributed by atoms with Gasteiger partial charge in [-0.05, 0) is 18.1 Å². The van der Waals surface area contributed by atoms with Crippen LogP contribution in [0.3, 0.4) is 0 Å². The van der Waals surface area contributed by atoms with Crippen LogP contribution >= 0.6 is 0 Å². The summed E-state index contributed by atoms with van der Waals surface area (Å²) in [5, 5.41) is 15.2. The standard InChI is InChI=1S/C19H28N6O2/c1-14(2)11-24-8-9-27-17(12-24)10-20-18(26)13-25-22-19(21-23-25)16-6-4-15(3)5-7-16/h4-7,14,17H,8-13H2,1-3H3,(H,20,26). The monoisotopic (exact) mass is 372 g/mol. The lowest BCUT2D eigenvalue weighted by Gasteiger charge is -2.33. The maximum atomic E-state index is 12.2. The Hall–Kier alpha value is -2.32. The first-order valence-corrected chi connectivity index (χ1v) is 9.45. The van der Waals surface area contributed by atoms with Crippen LogP contribution < -0.4 is 5.32 Å². The second-order valence-electron chi connectivity index (χ2n) is 7.46. The van der Waals surface area contributed by atoms with Gasteiger partial charge in [0.2, 0.25) is 11.7 Å². The average Bonchev–Trinajstić information content (AvgIpc) is 3.09. The lowest BCUT2D eigenvalue weighted by atomic mass is 10.1. The van der Waals surface area contributed by atoms with Gasteiger partial charge in [0.15, 0.2) is 0 Å². The van der Waals surface area contributed by atoms with E-state index in [-0.39, 0.29) is 18.6 Å². The van der Waals surface area contributed by atoms with E-state index < -0.39 is 0 Å². The van der Waals surface area contributed by atoms with Crippen LogP contribution in [0, 0.1) is 12.8 Å². The molecule has 1 unspecified atom stereocenters. The van der Waals surface area contributed by atoms with Gasteiger partial charge in [-0.1, -0.05) is 43.7 Å². The van der Waals surface area contributed by atoms with Crippen LogP contribution in [-0.2, 0) is 16.1 Å². The molecule has 0 aliphatic carbocycles. The minimum Gasteiger partial charge on any atom is -0.374 e. The summed E-state index contributed by atoms with van der Waals surface area (Å²) in [7, 11) is 0. The van der Waals surface area contributed by atoms with Gasteiger partial charge >= 0.3 is 0 Å². The van der Waals surface area contributed by atoms with Crippen molar-refractivity contribution in [2.45, 2.75) is 33.4 Å². The smallest absolute Gasteiger partial charge is 0.243 e. The normalized spacial score (nSPS) is 18.0. The SMILES string of the molecule is Cc1ccc(-c2nnn(CC(=O)NCC3CN(CC(C)C)CCO3)n2)cc1. The number of tetrazole rings is 1. The molecule has 1 aromatic carbocycles. The zero-order valence-corrected chi connectivity index (χ0v) is 16.3. The van der Waals surface area contributed by atoms with E-state index >= 15 is 0 Å². The fourth-order valence-corrected chi connectivity index (χ4v) is 3.13. The lowest BCUT2D eigenvalue weighted by Crippen LogP contribution is -2.48. The van der Waals surface area contributed by atoms with Gasteiger partial charge in [0, 0.05) is 31.7 Å². The van der Waals surface area contributed by atoms with Gasteiger partial charge in [-0.15, -0.1) is 10.2 Å². The van der Waals surface area contributed by atoms with Gasteiger partial charge in [-0.25, -0.2) is 0 Å². The quantitative estimate of drug-likeness (QED) is 0.784. The van der Waals surface area contributed by atoms with Crippen molar-refractivity contribution in [1.29, 1.82) is 0 Å². The van der Waals surface area contributed by atoms with E-state index in [0.717, 1.165) is 25.2 Å². The van der Waals surface area contributed by atoms with E-state index in [2.05, 4.69) is 39.5 Å². The van der Waals surface area contributed by atoms with Crippen molar-refractivity contribution in [3.63, 3.8) is 0 Å². The van der Waals surface area contributed by atoms with Crippen LogP contribution in [0.4, 0.5) is 0 Å².